The molecule has 0 aliphatic carbocycles. The molecule has 0 radical (unpaired) electrons. The highest BCUT2D eigenvalue weighted by Gasteiger charge is 2.18. The molecule has 22 heavy (non-hydrogen) atoms. The van der Waals surface area contributed by atoms with Gasteiger partial charge in [-0.15, -0.1) is 0 Å². The van der Waals surface area contributed by atoms with E-state index < -0.39 is 17.1 Å². The van der Waals surface area contributed by atoms with E-state index in [1.165, 1.54) is 0 Å². The van der Waals surface area contributed by atoms with Crippen molar-refractivity contribution in [1.29, 1.82) is 0 Å². The number of aromatic nitrogens is 1. The molecule has 6 heteroatoms. The van der Waals surface area contributed by atoms with Crippen molar-refractivity contribution in [2.75, 3.05) is 0 Å². The summed E-state index contributed by atoms with van der Waals surface area (Å²) in [5.74, 6) is -1.15. The predicted molar refractivity (Wildman–Crippen MR) is 80.6 cm³/mol. The Morgan fingerprint density at radius 3 is 2.95 bits per heavy atom. The fourth-order valence-corrected chi connectivity index (χ4v) is 2.07. The van der Waals surface area contributed by atoms with E-state index in [4.69, 9.17) is 9.52 Å². The predicted octanol–water partition coefficient (Wildman–Crippen LogP) is 2.40. The van der Waals surface area contributed by atoms with E-state index in [0.717, 1.165) is 37.2 Å². The fourth-order valence-electron chi connectivity index (χ4n) is 2.07. The van der Waals surface area contributed by atoms with Crippen LogP contribution in [0, 0.1) is 0 Å². The monoisotopic (exact) mass is 302 g/mol. The summed E-state index contributed by atoms with van der Waals surface area (Å²) in [4.78, 5) is 27.6. The maximum Gasteiger partial charge on any atom is 0.287 e. The van der Waals surface area contributed by atoms with Crippen LogP contribution in [0.4, 0.5) is 0 Å². The number of rotatable bonds is 6. The molecule has 2 aromatic rings. The third-order valence-electron chi connectivity index (χ3n) is 3.27. The standard InChI is InChI=1S/C16H18N2O4/c1-2-3-6-12(11-5-4-7-17-9-11)18-16(21)15-8-13(19)14(20)10-22-15/h4-5,7-10,12,20H,2-3,6H2,1H3,(H,18,21)/t12-/m1/s1. The van der Waals surface area contributed by atoms with Gasteiger partial charge in [-0.05, 0) is 18.1 Å². The molecule has 2 heterocycles. The average Bonchev–Trinajstić information content (AvgIpc) is 2.54. The van der Waals surface area contributed by atoms with Crippen LogP contribution >= 0.6 is 0 Å². The zero-order chi connectivity index (χ0) is 15.9. The molecule has 0 bridgehead atoms. The Balaban J connectivity index is 2.17. The van der Waals surface area contributed by atoms with Crippen molar-refractivity contribution in [3.05, 3.63) is 58.4 Å². The zero-order valence-corrected chi connectivity index (χ0v) is 12.3. The van der Waals surface area contributed by atoms with Crippen molar-refractivity contribution in [3.8, 4) is 5.75 Å². The van der Waals surface area contributed by atoms with Crippen LogP contribution in [0.25, 0.3) is 0 Å². The third kappa shape index (κ3) is 3.94. The Hall–Kier alpha value is -2.63. The van der Waals surface area contributed by atoms with E-state index >= 15 is 0 Å². The lowest BCUT2D eigenvalue weighted by atomic mass is 10.0. The van der Waals surface area contributed by atoms with Gasteiger partial charge in [-0.1, -0.05) is 25.8 Å². The minimum Gasteiger partial charge on any atom is -0.502 e. The van der Waals surface area contributed by atoms with Gasteiger partial charge in [0.25, 0.3) is 5.91 Å². The van der Waals surface area contributed by atoms with Crippen molar-refractivity contribution in [3.63, 3.8) is 0 Å². The first-order chi connectivity index (χ1) is 10.6. The summed E-state index contributed by atoms with van der Waals surface area (Å²) < 4.78 is 4.96. The lowest BCUT2D eigenvalue weighted by Crippen LogP contribution is -2.29. The van der Waals surface area contributed by atoms with Gasteiger partial charge in [-0.2, -0.15) is 0 Å². The van der Waals surface area contributed by atoms with E-state index in [0.29, 0.717) is 0 Å². The minimum atomic E-state index is -0.650. The molecule has 1 amide bonds. The summed E-state index contributed by atoms with van der Waals surface area (Å²) in [7, 11) is 0. The second kappa shape index (κ2) is 7.40. The van der Waals surface area contributed by atoms with Crippen molar-refractivity contribution >= 4 is 5.91 Å². The van der Waals surface area contributed by atoms with Crippen LogP contribution < -0.4 is 10.7 Å². The normalized spacial score (nSPS) is 11.9. The molecule has 2 rings (SSSR count). The number of nitrogens with one attached hydrogen (secondary N) is 1. The van der Waals surface area contributed by atoms with Crippen molar-refractivity contribution in [1.82, 2.24) is 10.3 Å². The number of aromatic hydroxyl groups is 1. The van der Waals surface area contributed by atoms with Gasteiger partial charge < -0.3 is 14.8 Å². The quantitative estimate of drug-likeness (QED) is 0.854. The second-order valence-corrected chi connectivity index (χ2v) is 4.95. The lowest BCUT2D eigenvalue weighted by molar-refractivity contribution is 0.0903. The molecule has 0 aliphatic rings. The zero-order valence-electron chi connectivity index (χ0n) is 12.3. The van der Waals surface area contributed by atoms with E-state index in [1.54, 1.807) is 18.5 Å². The number of amides is 1. The first kappa shape index (κ1) is 15.8. The van der Waals surface area contributed by atoms with E-state index in [9.17, 15) is 9.59 Å². The number of nitrogens with zero attached hydrogens (tertiary/aromatic N) is 1. The molecular weight excluding hydrogens is 284 g/mol. The average molecular weight is 302 g/mol. The minimum absolute atomic E-state index is 0.131. The molecular formula is C16H18N2O4. The van der Waals surface area contributed by atoms with Gasteiger partial charge in [-0.3, -0.25) is 14.6 Å². The van der Waals surface area contributed by atoms with E-state index in [-0.39, 0.29) is 11.8 Å². The highest BCUT2D eigenvalue weighted by Crippen LogP contribution is 2.19. The summed E-state index contributed by atoms with van der Waals surface area (Å²) in [6.07, 6.45) is 6.94. The van der Waals surface area contributed by atoms with Gasteiger partial charge in [0.1, 0.15) is 6.26 Å². The summed E-state index contributed by atoms with van der Waals surface area (Å²) in [6, 6.07) is 4.47. The van der Waals surface area contributed by atoms with Crippen molar-refractivity contribution in [2.45, 2.75) is 32.2 Å². The van der Waals surface area contributed by atoms with Crippen LogP contribution in [0.1, 0.15) is 48.3 Å². The highest BCUT2D eigenvalue weighted by molar-refractivity contribution is 5.91. The Labute approximate surface area is 127 Å². The number of carbonyl (C=O) groups excluding carboxylic acids is 1. The summed E-state index contributed by atoms with van der Waals surface area (Å²) in [6.45, 7) is 2.07. The molecule has 0 aliphatic heterocycles. The molecule has 0 spiro atoms. The van der Waals surface area contributed by atoms with Gasteiger partial charge in [0, 0.05) is 18.5 Å². The number of hydrogen-bond donors (Lipinski definition) is 2. The largest absolute Gasteiger partial charge is 0.502 e. The second-order valence-electron chi connectivity index (χ2n) is 4.95. The molecule has 0 saturated carbocycles. The van der Waals surface area contributed by atoms with Crippen LogP contribution in [-0.2, 0) is 0 Å². The van der Waals surface area contributed by atoms with Gasteiger partial charge >= 0.3 is 0 Å². The van der Waals surface area contributed by atoms with Gasteiger partial charge in [-0.25, -0.2) is 0 Å². The van der Waals surface area contributed by atoms with Crippen LogP contribution in [0.3, 0.4) is 0 Å². The Morgan fingerprint density at radius 2 is 2.32 bits per heavy atom. The van der Waals surface area contributed by atoms with Gasteiger partial charge in [0.05, 0.1) is 6.04 Å². The SMILES string of the molecule is CCCC[C@@H](NC(=O)c1cc(=O)c(O)co1)c1cccnc1. The molecule has 2 aromatic heterocycles. The molecule has 0 aromatic carbocycles. The molecule has 6 nitrogen and oxygen atoms in total. The van der Waals surface area contributed by atoms with Gasteiger partial charge in [0.2, 0.25) is 5.43 Å². The first-order valence-corrected chi connectivity index (χ1v) is 7.14. The smallest absolute Gasteiger partial charge is 0.287 e. The summed E-state index contributed by atoms with van der Waals surface area (Å²) in [5.41, 5.74) is 0.244. The summed E-state index contributed by atoms with van der Waals surface area (Å²) in [5, 5.41) is 12.0. The molecule has 0 saturated heterocycles. The third-order valence-corrected chi connectivity index (χ3v) is 3.27. The Kier molecular flexibility index (Phi) is 5.30. The maximum atomic E-state index is 12.2. The Morgan fingerprint density at radius 1 is 1.50 bits per heavy atom. The number of hydrogen-bond acceptors (Lipinski definition) is 5. The topological polar surface area (TPSA) is 92.4 Å². The van der Waals surface area contributed by atoms with E-state index in [1.807, 2.05) is 6.07 Å². The molecule has 116 valence electrons. The number of pyridine rings is 1. The number of unbranched alkanes of at least 4 members (excludes halogenated alkanes) is 1. The van der Waals surface area contributed by atoms with Crippen molar-refractivity contribution in [2.24, 2.45) is 0 Å². The van der Waals surface area contributed by atoms with Crippen LogP contribution in [0.2, 0.25) is 0 Å². The molecule has 0 unspecified atom stereocenters. The van der Waals surface area contributed by atoms with Crippen LogP contribution in [0.15, 0.2) is 46.1 Å². The van der Waals surface area contributed by atoms with Crippen molar-refractivity contribution < 1.29 is 14.3 Å². The lowest BCUT2D eigenvalue weighted by Gasteiger charge is -2.18. The molecule has 1 atom stereocenters. The summed E-state index contributed by atoms with van der Waals surface area (Å²) >= 11 is 0. The molecule has 0 fully saturated rings. The maximum absolute atomic E-state index is 12.2. The fraction of sp³-hybridized carbons (Fsp3) is 0.312. The van der Waals surface area contributed by atoms with Crippen LogP contribution in [-0.4, -0.2) is 16.0 Å². The molecule has 2 N–H and O–H groups in total. The number of carbonyl (C=O) groups is 1. The van der Waals surface area contributed by atoms with Crippen LogP contribution in [0.5, 0.6) is 5.75 Å². The van der Waals surface area contributed by atoms with E-state index in [2.05, 4.69) is 17.2 Å². The highest BCUT2D eigenvalue weighted by atomic mass is 16.4. The Bertz CT molecular complexity index is 682. The first-order valence-electron chi connectivity index (χ1n) is 7.14. The van der Waals surface area contributed by atoms with Gasteiger partial charge in [0.15, 0.2) is 11.5 Å².